The van der Waals surface area contributed by atoms with Crippen molar-refractivity contribution in [3.8, 4) is 0 Å². The molecule has 0 fully saturated rings. The molecule has 10 nitrogen and oxygen atoms in total. The minimum Gasteiger partial charge on any atom is -0.359 e. The van der Waals surface area contributed by atoms with Gasteiger partial charge in [0.25, 0.3) is 9.84 Å². The molecule has 1 aromatic carbocycles. The Morgan fingerprint density at radius 2 is 1.97 bits per heavy atom. The quantitative estimate of drug-likeness (QED) is 0.342. The highest BCUT2D eigenvalue weighted by Gasteiger charge is 2.58. The summed E-state index contributed by atoms with van der Waals surface area (Å²) >= 11 is 0. The third kappa shape index (κ3) is 2.67. The second-order valence-electron chi connectivity index (χ2n) is 6.62. The van der Waals surface area contributed by atoms with Crippen LogP contribution in [-0.2, 0) is 16.9 Å². The Morgan fingerprint density at radius 3 is 2.60 bits per heavy atom. The molecule has 158 valence electrons. The van der Waals surface area contributed by atoms with Gasteiger partial charge in [0.2, 0.25) is 5.69 Å². The first-order valence-electron chi connectivity index (χ1n) is 8.25. The molecule has 0 spiro atoms. The summed E-state index contributed by atoms with van der Waals surface area (Å²) in [5.74, 6) is -1.75. The molecule has 0 N–H and O–H groups in total. The van der Waals surface area contributed by atoms with Gasteiger partial charge < -0.3 is 9.77 Å². The number of alkyl halides is 3. The zero-order valence-electron chi connectivity index (χ0n) is 14.9. The van der Waals surface area contributed by atoms with Crippen LogP contribution < -0.4 is 4.90 Å². The summed E-state index contributed by atoms with van der Waals surface area (Å²) in [5, 5.41) is 24.8. The fourth-order valence-electron chi connectivity index (χ4n) is 3.70. The number of hydrogen-bond donors (Lipinski definition) is 0. The molecule has 0 radical (unpaired) electrons. The summed E-state index contributed by atoms with van der Waals surface area (Å²) in [5.41, 5.74) is -7.48. The number of aromatic nitrogens is 3. The van der Waals surface area contributed by atoms with Crippen molar-refractivity contribution in [1.29, 1.82) is 0 Å². The number of hydrogen-bond acceptors (Lipinski definition) is 7. The maximum Gasteiger partial charge on any atom is 0.498 e. The SMILES string of the molecule is Cn1cc(C2c3c(no[n+]3[O-])C([N+](=O)[O-])=CC2S(=O)(=O)C(F)(F)F)c2ccccc21. The average molecular weight is 444 g/mol. The van der Waals surface area contributed by atoms with E-state index < -0.39 is 48.5 Å². The molecule has 2 atom stereocenters. The average Bonchev–Trinajstić information content (AvgIpc) is 3.21. The Morgan fingerprint density at radius 1 is 1.30 bits per heavy atom. The minimum absolute atomic E-state index is 0.0543. The second-order valence-corrected chi connectivity index (χ2v) is 8.72. The first-order chi connectivity index (χ1) is 13.9. The topological polar surface area (TPSA) is 135 Å². The maximum atomic E-state index is 13.4. The van der Waals surface area contributed by atoms with Crippen LogP contribution in [0.4, 0.5) is 13.2 Å². The fraction of sp³-hybridized carbons (Fsp3) is 0.250. The van der Waals surface area contributed by atoms with Gasteiger partial charge in [0.05, 0.1) is 16.0 Å². The van der Waals surface area contributed by atoms with Crippen LogP contribution in [0.15, 0.2) is 41.2 Å². The van der Waals surface area contributed by atoms with Crippen LogP contribution in [0, 0.1) is 15.3 Å². The molecule has 0 bridgehead atoms. The van der Waals surface area contributed by atoms with Crippen LogP contribution >= 0.6 is 0 Å². The molecule has 0 saturated carbocycles. The lowest BCUT2D eigenvalue weighted by Crippen LogP contribution is -2.44. The Hall–Kier alpha value is -3.42. The molecule has 0 saturated heterocycles. The summed E-state index contributed by atoms with van der Waals surface area (Å²) in [6.45, 7) is 0. The molecular weight excluding hydrogens is 433 g/mol. The van der Waals surface area contributed by atoms with Gasteiger partial charge in [0.15, 0.2) is 0 Å². The maximum absolute atomic E-state index is 13.4. The Kier molecular flexibility index (Phi) is 4.17. The van der Waals surface area contributed by atoms with Crippen molar-refractivity contribution in [2.45, 2.75) is 16.7 Å². The van der Waals surface area contributed by atoms with Crippen LogP contribution in [0.5, 0.6) is 0 Å². The van der Waals surface area contributed by atoms with Crippen LogP contribution in [0.3, 0.4) is 0 Å². The second kappa shape index (κ2) is 6.29. The molecule has 2 unspecified atom stereocenters. The Bertz CT molecular complexity index is 1320. The summed E-state index contributed by atoms with van der Waals surface area (Å²) < 4.78 is 71.0. The lowest BCUT2D eigenvalue weighted by Gasteiger charge is -2.25. The summed E-state index contributed by atoms with van der Waals surface area (Å²) in [6, 6.07) is 6.43. The number of fused-ring (bicyclic) bond motifs is 2. The molecule has 1 aliphatic carbocycles. The standard InChI is InChI=1S/C16H11F3N4O6S/c1-21-7-9(8-4-2-3-5-10(8)21)13-12(30(27,28)16(17,18)19)6-11(22(24)25)14-15(13)23(26)29-20-14/h2-7,12-13H,1H3. The smallest absolute Gasteiger partial charge is 0.359 e. The van der Waals surface area contributed by atoms with Crippen molar-refractivity contribution in [1.82, 2.24) is 9.72 Å². The van der Waals surface area contributed by atoms with E-state index >= 15 is 0 Å². The van der Waals surface area contributed by atoms with E-state index in [1.807, 2.05) is 0 Å². The first-order valence-corrected chi connectivity index (χ1v) is 9.80. The fourth-order valence-corrected chi connectivity index (χ4v) is 4.95. The lowest BCUT2D eigenvalue weighted by molar-refractivity contribution is -0.808. The van der Waals surface area contributed by atoms with Gasteiger partial charge in [-0.1, -0.05) is 18.2 Å². The van der Waals surface area contributed by atoms with Crippen LogP contribution in [0.2, 0.25) is 0 Å². The molecule has 4 rings (SSSR count). The van der Waals surface area contributed by atoms with Crippen LogP contribution in [-0.4, -0.2) is 33.8 Å². The molecule has 30 heavy (non-hydrogen) atoms. The Balaban J connectivity index is 2.10. The Labute approximate surface area is 165 Å². The van der Waals surface area contributed by atoms with E-state index in [0.717, 1.165) is 0 Å². The summed E-state index contributed by atoms with van der Waals surface area (Å²) in [7, 11) is -4.39. The van der Waals surface area contributed by atoms with Gasteiger partial charge in [0.1, 0.15) is 5.25 Å². The molecule has 0 aliphatic heterocycles. The number of halogens is 3. The number of para-hydroxylation sites is 1. The van der Waals surface area contributed by atoms with Crippen molar-refractivity contribution < 1.29 is 36.0 Å². The van der Waals surface area contributed by atoms with Gasteiger partial charge in [-0.15, -0.1) is 0 Å². The van der Waals surface area contributed by atoms with E-state index in [1.54, 1.807) is 25.2 Å². The predicted molar refractivity (Wildman–Crippen MR) is 94.0 cm³/mol. The van der Waals surface area contributed by atoms with E-state index in [2.05, 4.69) is 9.79 Å². The third-order valence-electron chi connectivity index (χ3n) is 4.97. The van der Waals surface area contributed by atoms with Crippen LogP contribution in [0.25, 0.3) is 16.6 Å². The molecular formula is C16H11F3N4O6S. The van der Waals surface area contributed by atoms with E-state index in [4.69, 9.17) is 0 Å². The number of rotatable bonds is 3. The monoisotopic (exact) mass is 444 g/mol. The number of aryl methyl sites for hydroxylation is 1. The third-order valence-corrected chi connectivity index (χ3v) is 6.74. The molecule has 1 aliphatic rings. The van der Waals surface area contributed by atoms with E-state index in [1.165, 1.54) is 16.8 Å². The molecule has 14 heteroatoms. The molecule has 3 aromatic rings. The largest absolute Gasteiger partial charge is 0.498 e. The van der Waals surface area contributed by atoms with E-state index in [9.17, 15) is 36.9 Å². The first kappa shape index (κ1) is 19.9. The highest BCUT2D eigenvalue weighted by atomic mass is 32.2. The predicted octanol–water partition coefficient (Wildman–Crippen LogP) is 1.87. The minimum atomic E-state index is -5.97. The van der Waals surface area contributed by atoms with Crippen molar-refractivity contribution in [2.75, 3.05) is 0 Å². The van der Waals surface area contributed by atoms with E-state index in [-0.39, 0.29) is 10.5 Å². The normalized spacial score (nSPS) is 19.5. The van der Waals surface area contributed by atoms with Gasteiger partial charge >= 0.3 is 16.9 Å². The van der Waals surface area contributed by atoms with Gasteiger partial charge in [-0.25, -0.2) is 8.42 Å². The van der Waals surface area contributed by atoms with Gasteiger partial charge in [-0.2, -0.15) is 13.2 Å². The highest BCUT2D eigenvalue weighted by molar-refractivity contribution is 7.93. The molecule has 2 heterocycles. The van der Waals surface area contributed by atoms with Crippen molar-refractivity contribution in [3.05, 3.63) is 68.8 Å². The van der Waals surface area contributed by atoms with Crippen molar-refractivity contribution in [3.63, 3.8) is 0 Å². The lowest BCUT2D eigenvalue weighted by atomic mass is 9.86. The highest BCUT2D eigenvalue weighted by Crippen LogP contribution is 2.45. The van der Waals surface area contributed by atoms with Gasteiger partial charge in [-0.05, 0) is 16.5 Å². The number of nitro groups is 1. The number of benzene rings is 1. The summed E-state index contributed by atoms with van der Waals surface area (Å²) in [4.78, 5) is 9.97. The zero-order valence-corrected chi connectivity index (χ0v) is 15.7. The zero-order chi connectivity index (χ0) is 22.0. The number of nitrogens with zero attached hydrogens (tertiary/aromatic N) is 4. The number of sulfone groups is 1. The van der Waals surface area contributed by atoms with Crippen LogP contribution in [0.1, 0.15) is 22.9 Å². The summed E-state index contributed by atoms with van der Waals surface area (Å²) in [6.07, 6.45) is 1.73. The van der Waals surface area contributed by atoms with E-state index in [0.29, 0.717) is 17.0 Å². The molecule has 2 aromatic heterocycles. The van der Waals surface area contributed by atoms with Crippen molar-refractivity contribution in [2.24, 2.45) is 7.05 Å². The van der Waals surface area contributed by atoms with Gasteiger partial charge in [-0.3, -0.25) is 14.7 Å². The molecule has 0 amide bonds. The van der Waals surface area contributed by atoms with Crippen molar-refractivity contribution >= 4 is 26.4 Å². The van der Waals surface area contributed by atoms with Gasteiger partial charge in [0, 0.05) is 30.2 Å².